The predicted octanol–water partition coefficient (Wildman–Crippen LogP) is -1.50. The summed E-state index contributed by atoms with van der Waals surface area (Å²) in [6.45, 7) is 4.25. The number of rotatable bonds is 0. The molecule has 0 unspecified atom stereocenters. The van der Waals surface area contributed by atoms with E-state index < -0.39 is 0 Å². The second-order valence-electron chi connectivity index (χ2n) is 2.65. The zero-order valence-corrected chi connectivity index (χ0v) is 7.74. The Bertz CT molecular complexity index is 36.8. The first-order valence-electron chi connectivity index (χ1n) is 2.96. The number of hydrogen-bond acceptors (Lipinski definition) is 1. The summed E-state index contributed by atoms with van der Waals surface area (Å²) in [7, 11) is 5.04. The highest BCUT2D eigenvalue weighted by atomic mass is 35.5. The molecule has 0 saturated heterocycles. The average molecular weight is 156 g/mol. The number of quaternary nitrogens is 1. The van der Waals surface area contributed by atoms with Crippen LogP contribution in [0.4, 0.5) is 0 Å². The van der Waals surface area contributed by atoms with Crippen molar-refractivity contribution in [1.82, 2.24) is 0 Å². The van der Waals surface area contributed by atoms with Crippen molar-refractivity contribution in [2.24, 2.45) is 0 Å². The number of halogens is 1. The van der Waals surface area contributed by atoms with Gasteiger partial charge in [-0.05, 0) is 0 Å². The molecule has 0 aliphatic rings. The minimum absolute atomic E-state index is 0. The van der Waals surface area contributed by atoms with Crippen molar-refractivity contribution in [3.8, 4) is 0 Å². The molecule has 0 radical (unpaired) electrons. The van der Waals surface area contributed by atoms with Crippen LogP contribution in [0.15, 0.2) is 0 Å². The first-order chi connectivity index (χ1) is 3.41. The largest absolute Gasteiger partial charge is 1.00 e. The van der Waals surface area contributed by atoms with Gasteiger partial charge in [0.25, 0.3) is 0 Å². The van der Waals surface area contributed by atoms with Crippen molar-refractivity contribution in [1.29, 1.82) is 0 Å². The SMILES string of the molecule is CCC.C[N+](C)(C)O.[Cl-]. The third-order valence-electron chi connectivity index (χ3n) is 0. The molecule has 3 heteroatoms. The lowest BCUT2D eigenvalue weighted by Crippen LogP contribution is -3.00. The van der Waals surface area contributed by atoms with Crippen LogP contribution in [0, 0.1) is 0 Å². The molecule has 0 aliphatic carbocycles. The molecular formula is C6H18ClNO. The molecule has 0 aromatic carbocycles. The van der Waals surface area contributed by atoms with Crippen molar-refractivity contribution < 1.29 is 22.3 Å². The van der Waals surface area contributed by atoms with E-state index in [1.54, 1.807) is 21.1 Å². The normalized spacial score (nSPS) is 8.67. The van der Waals surface area contributed by atoms with Crippen molar-refractivity contribution in [3.05, 3.63) is 0 Å². The Kier molecular flexibility index (Phi) is 14.7. The van der Waals surface area contributed by atoms with Gasteiger partial charge in [0.1, 0.15) is 0 Å². The minimum atomic E-state index is 0. The summed E-state index contributed by atoms with van der Waals surface area (Å²) in [5, 5.41) is 8.46. The van der Waals surface area contributed by atoms with Gasteiger partial charge in [0.2, 0.25) is 0 Å². The van der Waals surface area contributed by atoms with Gasteiger partial charge in [-0.25, -0.2) is 5.21 Å². The molecule has 0 aromatic rings. The molecular weight excluding hydrogens is 138 g/mol. The summed E-state index contributed by atoms with van der Waals surface area (Å²) in [6, 6.07) is 0. The summed E-state index contributed by atoms with van der Waals surface area (Å²) >= 11 is 0. The maximum atomic E-state index is 8.46. The fraction of sp³-hybridized carbons (Fsp3) is 1.00. The first kappa shape index (κ1) is 16.1. The lowest BCUT2D eigenvalue weighted by atomic mass is 10.6. The third kappa shape index (κ3) is 7180. The quantitative estimate of drug-likeness (QED) is 0.334. The molecule has 0 bridgehead atoms. The molecule has 0 atom stereocenters. The van der Waals surface area contributed by atoms with E-state index in [-0.39, 0.29) is 17.1 Å². The van der Waals surface area contributed by atoms with Crippen LogP contribution < -0.4 is 12.4 Å². The predicted molar refractivity (Wildman–Crippen MR) is 35.8 cm³/mol. The Hall–Kier alpha value is 0.210. The molecule has 1 N–H and O–H groups in total. The summed E-state index contributed by atoms with van der Waals surface area (Å²) in [5.74, 6) is 0. The van der Waals surface area contributed by atoms with Gasteiger partial charge in [-0.1, -0.05) is 20.3 Å². The van der Waals surface area contributed by atoms with E-state index in [0.29, 0.717) is 0 Å². The van der Waals surface area contributed by atoms with Crippen LogP contribution in [0.25, 0.3) is 0 Å². The molecule has 0 aromatic heterocycles. The highest BCUT2D eigenvalue weighted by molar-refractivity contribution is 3.92. The second-order valence-corrected chi connectivity index (χ2v) is 2.65. The molecule has 60 valence electrons. The zero-order chi connectivity index (χ0) is 7.21. The number of hydroxylamine groups is 3. The molecule has 0 saturated carbocycles. The van der Waals surface area contributed by atoms with Gasteiger partial charge in [0.15, 0.2) is 0 Å². The highest BCUT2D eigenvalue weighted by Crippen LogP contribution is 1.72. The van der Waals surface area contributed by atoms with E-state index in [4.69, 9.17) is 5.21 Å². The Balaban J connectivity index is -0.0000000800. The average Bonchev–Trinajstić information content (AvgIpc) is 1.27. The lowest BCUT2D eigenvalue weighted by Gasteiger charge is -2.09. The van der Waals surface area contributed by atoms with Crippen molar-refractivity contribution in [2.75, 3.05) is 21.1 Å². The molecule has 9 heavy (non-hydrogen) atoms. The molecule has 0 heterocycles. The topological polar surface area (TPSA) is 20.2 Å². The van der Waals surface area contributed by atoms with Crippen LogP contribution in [-0.2, 0) is 0 Å². The van der Waals surface area contributed by atoms with Crippen molar-refractivity contribution in [3.63, 3.8) is 0 Å². The van der Waals surface area contributed by atoms with Crippen molar-refractivity contribution >= 4 is 0 Å². The summed E-state index contributed by atoms with van der Waals surface area (Å²) in [4.78, 5) is 0. The second kappa shape index (κ2) is 8.21. The molecule has 0 aliphatic heterocycles. The van der Waals surface area contributed by atoms with E-state index in [1.165, 1.54) is 6.42 Å². The third-order valence-corrected chi connectivity index (χ3v) is 0. The van der Waals surface area contributed by atoms with E-state index >= 15 is 0 Å². The van der Waals surface area contributed by atoms with Gasteiger partial charge < -0.3 is 12.4 Å². The van der Waals surface area contributed by atoms with E-state index in [2.05, 4.69) is 13.8 Å². The molecule has 0 amide bonds. The monoisotopic (exact) mass is 155 g/mol. The fourth-order valence-corrected chi connectivity index (χ4v) is 0. The smallest absolute Gasteiger partial charge is 0.0979 e. The first-order valence-corrected chi connectivity index (χ1v) is 2.96. The zero-order valence-electron chi connectivity index (χ0n) is 6.98. The number of nitrogens with zero attached hydrogens (tertiary/aromatic N) is 1. The van der Waals surface area contributed by atoms with Crippen LogP contribution in [0.5, 0.6) is 0 Å². The summed E-state index contributed by atoms with van der Waals surface area (Å²) in [5.41, 5.74) is 0. The van der Waals surface area contributed by atoms with Gasteiger partial charge in [0.05, 0.1) is 21.1 Å². The number of hydrogen-bond donors (Lipinski definition) is 1. The molecule has 2 nitrogen and oxygen atoms in total. The van der Waals surface area contributed by atoms with Gasteiger partial charge in [-0.15, -0.1) is 0 Å². The van der Waals surface area contributed by atoms with Gasteiger partial charge >= 0.3 is 0 Å². The summed E-state index contributed by atoms with van der Waals surface area (Å²) in [6.07, 6.45) is 1.25. The fourth-order valence-electron chi connectivity index (χ4n) is 0. The van der Waals surface area contributed by atoms with Gasteiger partial charge in [-0.2, -0.15) is 4.65 Å². The lowest BCUT2D eigenvalue weighted by molar-refractivity contribution is -1.06. The maximum absolute atomic E-state index is 8.46. The van der Waals surface area contributed by atoms with E-state index in [9.17, 15) is 0 Å². The highest BCUT2D eigenvalue weighted by Gasteiger charge is 1.92. The Labute approximate surface area is 64.4 Å². The van der Waals surface area contributed by atoms with Crippen LogP contribution in [0.3, 0.4) is 0 Å². The summed E-state index contributed by atoms with van der Waals surface area (Å²) < 4.78 is 0. The van der Waals surface area contributed by atoms with Gasteiger partial charge in [0, 0.05) is 0 Å². The van der Waals surface area contributed by atoms with Crippen LogP contribution in [0.1, 0.15) is 20.3 Å². The maximum Gasteiger partial charge on any atom is 0.0979 e. The van der Waals surface area contributed by atoms with Gasteiger partial charge in [-0.3, -0.25) is 0 Å². The standard InChI is InChI=1S/C3H10NO.C3H8.ClH/c1-4(2,3)5;1-3-2;/h5H,1-3H3;3H2,1-2H3;1H/q+1;;/p-1. The van der Waals surface area contributed by atoms with E-state index in [1.807, 2.05) is 0 Å². The molecule has 0 rings (SSSR count). The Morgan fingerprint density at radius 1 is 1.11 bits per heavy atom. The molecule has 0 fully saturated rings. The van der Waals surface area contributed by atoms with E-state index in [0.717, 1.165) is 0 Å². The van der Waals surface area contributed by atoms with Crippen LogP contribution in [0.2, 0.25) is 0 Å². The van der Waals surface area contributed by atoms with Crippen LogP contribution >= 0.6 is 0 Å². The Morgan fingerprint density at radius 3 is 1.11 bits per heavy atom. The van der Waals surface area contributed by atoms with Crippen molar-refractivity contribution in [2.45, 2.75) is 20.3 Å². The van der Waals surface area contributed by atoms with Crippen LogP contribution in [-0.4, -0.2) is 31.0 Å². The minimum Gasteiger partial charge on any atom is -1.00 e. The molecule has 0 spiro atoms. The Morgan fingerprint density at radius 2 is 1.11 bits per heavy atom.